The van der Waals surface area contributed by atoms with Crippen LogP contribution < -0.4 is 10.2 Å². The zero-order valence-corrected chi connectivity index (χ0v) is 17.1. The van der Waals surface area contributed by atoms with Crippen LogP contribution in [0, 0.1) is 0 Å². The molecule has 0 aliphatic carbocycles. The quantitative estimate of drug-likeness (QED) is 0.437. The maximum absolute atomic E-state index is 12.0. The molecule has 5 heteroatoms. The third kappa shape index (κ3) is 6.93. The van der Waals surface area contributed by atoms with Crippen molar-refractivity contribution in [1.82, 2.24) is 5.32 Å². The lowest BCUT2D eigenvalue weighted by Crippen LogP contribution is -2.23. The maximum atomic E-state index is 12.0. The Morgan fingerprint density at radius 3 is 2.31 bits per heavy atom. The van der Waals surface area contributed by atoms with Crippen molar-refractivity contribution in [3.63, 3.8) is 0 Å². The summed E-state index contributed by atoms with van der Waals surface area (Å²) in [4.78, 5) is 15.5. The molecule has 2 aromatic carbocycles. The fraction of sp³-hybridized carbons (Fsp3) is 0.381. The van der Waals surface area contributed by atoms with Crippen LogP contribution in [0.2, 0.25) is 5.02 Å². The van der Waals surface area contributed by atoms with Crippen LogP contribution in [-0.2, 0) is 11.3 Å². The molecule has 0 atom stereocenters. The molecule has 0 radical (unpaired) electrons. The summed E-state index contributed by atoms with van der Waals surface area (Å²) in [5, 5.41) is 3.75. The van der Waals surface area contributed by atoms with Gasteiger partial charge in [-0.3, -0.25) is 4.79 Å². The van der Waals surface area contributed by atoms with Gasteiger partial charge in [-0.05, 0) is 68.0 Å². The number of carbonyl (C=O) groups is 1. The minimum Gasteiger partial charge on any atom is -0.372 e. The van der Waals surface area contributed by atoms with E-state index in [2.05, 4.69) is 48.3 Å². The van der Waals surface area contributed by atoms with Gasteiger partial charge in [0.15, 0.2) is 0 Å². The number of benzene rings is 2. The predicted molar refractivity (Wildman–Crippen MR) is 113 cm³/mol. The van der Waals surface area contributed by atoms with E-state index in [-0.39, 0.29) is 5.91 Å². The first kappa shape index (κ1) is 20.7. The smallest absolute Gasteiger partial charge is 0.220 e. The van der Waals surface area contributed by atoms with Crippen molar-refractivity contribution in [3.05, 3.63) is 59.1 Å². The first-order valence-corrected chi connectivity index (χ1v) is 10.5. The van der Waals surface area contributed by atoms with Gasteiger partial charge in [0, 0.05) is 41.7 Å². The SMILES string of the molecule is CCN(CC)c1ccc(CNC(=O)CCCSc2ccc(Cl)cc2)cc1. The van der Waals surface area contributed by atoms with Crippen LogP contribution in [0.3, 0.4) is 0 Å². The van der Waals surface area contributed by atoms with E-state index in [1.807, 2.05) is 24.3 Å². The van der Waals surface area contributed by atoms with E-state index in [1.54, 1.807) is 11.8 Å². The third-order valence-corrected chi connectivity index (χ3v) is 5.54. The van der Waals surface area contributed by atoms with Crippen molar-refractivity contribution in [2.24, 2.45) is 0 Å². The van der Waals surface area contributed by atoms with Gasteiger partial charge in [-0.25, -0.2) is 0 Å². The molecule has 0 aromatic heterocycles. The number of hydrogen-bond acceptors (Lipinski definition) is 3. The Labute approximate surface area is 166 Å². The zero-order valence-electron chi connectivity index (χ0n) is 15.5. The van der Waals surface area contributed by atoms with Gasteiger partial charge in [-0.2, -0.15) is 0 Å². The number of anilines is 1. The number of rotatable bonds is 10. The van der Waals surface area contributed by atoms with Crippen molar-refractivity contribution >= 4 is 35.0 Å². The fourth-order valence-electron chi connectivity index (χ4n) is 2.66. The van der Waals surface area contributed by atoms with Crippen LogP contribution in [0.25, 0.3) is 0 Å². The molecule has 0 aliphatic rings. The second-order valence-corrected chi connectivity index (χ2v) is 7.63. The maximum Gasteiger partial charge on any atom is 0.220 e. The standard InChI is InChI=1S/C21H27ClN2OS/c1-3-24(4-2)19-11-7-17(8-12-19)16-23-21(25)6-5-15-26-20-13-9-18(22)10-14-20/h7-14H,3-6,15-16H2,1-2H3,(H,23,25). The topological polar surface area (TPSA) is 32.3 Å². The molecular weight excluding hydrogens is 364 g/mol. The molecule has 0 heterocycles. The lowest BCUT2D eigenvalue weighted by atomic mass is 10.2. The van der Waals surface area contributed by atoms with Crippen molar-refractivity contribution in [2.45, 2.75) is 38.1 Å². The Bertz CT molecular complexity index is 669. The largest absolute Gasteiger partial charge is 0.372 e. The fourth-order valence-corrected chi connectivity index (χ4v) is 3.63. The van der Waals surface area contributed by atoms with Gasteiger partial charge in [0.1, 0.15) is 0 Å². The summed E-state index contributed by atoms with van der Waals surface area (Å²) in [5.41, 5.74) is 2.36. The molecule has 2 aromatic rings. The van der Waals surface area contributed by atoms with E-state index in [4.69, 9.17) is 11.6 Å². The van der Waals surface area contributed by atoms with E-state index < -0.39 is 0 Å². The summed E-state index contributed by atoms with van der Waals surface area (Å²) in [5.74, 6) is 1.03. The van der Waals surface area contributed by atoms with Crippen LogP contribution in [0.5, 0.6) is 0 Å². The molecule has 3 nitrogen and oxygen atoms in total. The highest BCUT2D eigenvalue weighted by Gasteiger charge is 2.04. The van der Waals surface area contributed by atoms with E-state index in [1.165, 1.54) is 10.6 Å². The monoisotopic (exact) mass is 390 g/mol. The number of hydrogen-bond donors (Lipinski definition) is 1. The minimum atomic E-state index is 0.106. The molecule has 140 valence electrons. The molecule has 0 saturated heterocycles. The van der Waals surface area contributed by atoms with Crippen molar-refractivity contribution in [3.8, 4) is 0 Å². The Kier molecular flexibility index (Phi) is 8.86. The van der Waals surface area contributed by atoms with Crippen molar-refractivity contribution in [1.29, 1.82) is 0 Å². The van der Waals surface area contributed by atoms with Crippen LogP contribution in [-0.4, -0.2) is 24.7 Å². The molecule has 26 heavy (non-hydrogen) atoms. The van der Waals surface area contributed by atoms with E-state index >= 15 is 0 Å². The summed E-state index contributed by atoms with van der Waals surface area (Å²) in [7, 11) is 0. The molecule has 0 bridgehead atoms. The van der Waals surface area contributed by atoms with Crippen LogP contribution in [0.15, 0.2) is 53.4 Å². The highest BCUT2D eigenvalue weighted by molar-refractivity contribution is 7.99. The highest BCUT2D eigenvalue weighted by Crippen LogP contribution is 2.21. The number of nitrogens with zero attached hydrogens (tertiary/aromatic N) is 1. The molecule has 2 rings (SSSR count). The number of halogens is 1. The summed E-state index contributed by atoms with van der Waals surface area (Å²) in [6.07, 6.45) is 1.41. The van der Waals surface area contributed by atoms with Gasteiger partial charge in [-0.1, -0.05) is 23.7 Å². The van der Waals surface area contributed by atoms with Crippen molar-refractivity contribution < 1.29 is 4.79 Å². The Morgan fingerprint density at radius 2 is 1.69 bits per heavy atom. The molecule has 1 amide bonds. The molecule has 0 saturated carbocycles. The van der Waals surface area contributed by atoms with Crippen LogP contribution in [0.1, 0.15) is 32.3 Å². The van der Waals surface area contributed by atoms with Gasteiger partial charge >= 0.3 is 0 Å². The predicted octanol–water partition coefficient (Wildman–Crippen LogP) is 5.37. The molecule has 1 N–H and O–H groups in total. The van der Waals surface area contributed by atoms with E-state index in [0.717, 1.165) is 35.8 Å². The summed E-state index contributed by atoms with van der Waals surface area (Å²) in [6, 6.07) is 16.2. The Morgan fingerprint density at radius 1 is 1.04 bits per heavy atom. The van der Waals surface area contributed by atoms with E-state index in [9.17, 15) is 4.79 Å². The minimum absolute atomic E-state index is 0.106. The molecule has 0 fully saturated rings. The first-order valence-electron chi connectivity index (χ1n) is 9.11. The van der Waals surface area contributed by atoms with Gasteiger partial charge in [0.05, 0.1) is 0 Å². The second-order valence-electron chi connectivity index (χ2n) is 6.02. The summed E-state index contributed by atoms with van der Waals surface area (Å²) in [6.45, 7) is 6.90. The molecular formula is C21H27ClN2OS. The van der Waals surface area contributed by atoms with Crippen molar-refractivity contribution in [2.75, 3.05) is 23.7 Å². The average Bonchev–Trinajstić information content (AvgIpc) is 2.67. The third-order valence-electron chi connectivity index (χ3n) is 4.19. The van der Waals surface area contributed by atoms with Gasteiger partial charge in [-0.15, -0.1) is 11.8 Å². The van der Waals surface area contributed by atoms with Gasteiger partial charge in [0.25, 0.3) is 0 Å². The van der Waals surface area contributed by atoms with Gasteiger partial charge < -0.3 is 10.2 Å². The summed E-state index contributed by atoms with van der Waals surface area (Å²) < 4.78 is 0. The molecule has 0 aliphatic heterocycles. The lowest BCUT2D eigenvalue weighted by molar-refractivity contribution is -0.121. The highest BCUT2D eigenvalue weighted by atomic mass is 35.5. The zero-order chi connectivity index (χ0) is 18.8. The summed E-state index contributed by atoms with van der Waals surface area (Å²) >= 11 is 7.62. The number of thioether (sulfide) groups is 1. The number of amides is 1. The lowest BCUT2D eigenvalue weighted by Gasteiger charge is -2.21. The first-order chi connectivity index (χ1) is 12.6. The number of nitrogens with one attached hydrogen (secondary N) is 1. The average molecular weight is 391 g/mol. The Balaban J connectivity index is 1.66. The Hall–Kier alpha value is -1.65. The van der Waals surface area contributed by atoms with Gasteiger partial charge in [0.2, 0.25) is 5.91 Å². The number of carbonyl (C=O) groups excluding carboxylic acids is 1. The van der Waals surface area contributed by atoms with Crippen LogP contribution in [0.4, 0.5) is 5.69 Å². The molecule has 0 unspecified atom stereocenters. The second kappa shape index (κ2) is 11.1. The normalized spacial score (nSPS) is 10.6. The van der Waals surface area contributed by atoms with Crippen LogP contribution >= 0.6 is 23.4 Å². The van der Waals surface area contributed by atoms with E-state index in [0.29, 0.717) is 13.0 Å². The molecule has 0 spiro atoms.